The van der Waals surface area contributed by atoms with E-state index in [1.807, 2.05) is 36.2 Å². The van der Waals surface area contributed by atoms with Crippen LogP contribution in [0.25, 0.3) is 22.3 Å². The SMILES string of the molecule is CN(C#N)C1CC2(CCN(C(=O)Nc3ccc(-c4cc5c(N6CCOCC6)ncnc5[nH]4)cc3)CC2)C1. The standard InChI is InChI=1S/C27H32N8O2/c1-33(17-28)21-15-27(16-21)6-8-35(9-7-27)26(36)31-20-4-2-19(3-5-20)23-14-22-24(32-23)29-18-30-25(22)34-10-12-37-13-11-34/h2-5,14,18,21H,6-13,15-16H2,1H3,(H,31,36)(H,29,30,32). The first-order chi connectivity index (χ1) is 18.0. The summed E-state index contributed by atoms with van der Waals surface area (Å²) in [6, 6.07) is 10.3. The monoisotopic (exact) mass is 500 g/mol. The fourth-order valence-electron chi connectivity index (χ4n) is 5.93. The van der Waals surface area contributed by atoms with Gasteiger partial charge in [-0.1, -0.05) is 12.1 Å². The van der Waals surface area contributed by atoms with Gasteiger partial charge in [-0.2, -0.15) is 5.26 Å². The van der Waals surface area contributed by atoms with Gasteiger partial charge < -0.3 is 29.7 Å². The number of anilines is 2. The number of nitrogens with one attached hydrogen (secondary N) is 2. The van der Waals surface area contributed by atoms with Gasteiger partial charge in [-0.15, -0.1) is 0 Å². The molecule has 1 aliphatic carbocycles. The van der Waals surface area contributed by atoms with E-state index < -0.39 is 0 Å². The molecule has 0 radical (unpaired) electrons. The highest BCUT2D eigenvalue weighted by atomic mass is 16.5. The zero-order valence-electron chi connectivity index (χ0n) is 21.1. The highest BCUT2D eigenvalue weighted by molar-refractivity contribution is 5.93. The summed E-state index contributed by atoms with van der Waals surface area (Å²) in [7, 11) is 1.86. The fourth-order valence-corrected chi connectivity index (χ4v) is 5.93. The van der Waals surface area contributed by atoms with Crippen molar-refractivity contribution in [1.29, 1.82) is 5.26 Å². The molecule has 4 heterocycles. The Hall–Kier alpha value is -3.84. The summed E-state index contributed by atoms with van der Waals surface area (Å²) in [5.74, 6) is 0.928. The molecule has 0 bridgehead atoms. The van der Waals surface area contributed by atoms with Crippen LogP contribution in [0.5, 0.6) is 0 Å². The summed E-state index contributed by atoms with van der Waals surface area (Å²) in [5, 5.41) is 13.1. The minimum atomic E-state index is -0.0522. The quantitative estimate of drug-likeness (QED) is 0.415. The number of nitriles is 1. The van der Waals surface area contributed by atoms with Crippen molar-refractivity contribution < 1.29 is 9.53 Å². The number of amides is 2. The lowest BCUT2D eigenvalue weighted by atomic mass is 9.60. The number of morpholine rings is 1. The number of aromatic nitrogens is 3. The molecule has 3 fully saturated rings. The lowest BCUT2D eigenvalue weighted by Gasteiger charge is -2.53. The van der Waals surface area contributed by atoms with Crippen molar-refractivity contribution in [1.82, 2.24) is 24.8 Å². The van der Waals surface area contributed by atoms with Gasteiger partial charge in [0.1, 0.15) is 17.8 Å². The van der Waals surface area contributed by atoms with E-state index in [4.69, 9.17) is 10.00 Å². The first-order valence-electron chi connectivity index (χ1n) is 13.0. The Morgan fingerprint density at radius 2 is 1.89 bits per heavy atom. The molecule has 3 aliphatic rings. The maximum absolute atomic E-state index is 12.9. The van der Waals surface area contributed by atoms with E-state index in [2.05, 4.69) is 37.4 Å². The molecular formula is C27H32N8O2. The lowest BCUT2D eigenvalue weighted by molar-refractivity contribution is -0.00986. The van der Waals surface area contributed by atoms with Crippen molar-refractivity contribution in [2.45, 2.75) is 31.7 Å². The Bertz CT molecular complexity index is 1310. The number of ether oxygens (including phenoxy) is 1. The van der Waals surface area contributed by atoms with E-state index in [0.717, 1.165) is 85.7 Å². The largest absolute Gasteiger partial charge is 0.378 e. The highest BCUT2D eigenvalue weighted by Crippen LogP contribution is 2.50. The van der Waals surface area contributed by atoms with Crippen molar-refractivity contribution in [2.75, 3.05) is 56.7 Å². The Morgan fingerprint density at radius 1 is 1.16 bits per heavy atom. The van der Waals surface area contributed by atoms with Crippen molar-refractivity contribution >= 4 is 28.6 Å². The van der Waals surface area contributed by atoms with Gasteiger partial charge in [0.05, 0.1) is 18.6 Å². The molecule has 0 unspecified atom stereocenters. The van der Waals surface area contributed by atoms with Crippen molar-refractivity contribution in [3.63, 3.8) is 0 Å². The summed E-state index contributed by atoms with van der Waals surface area (Å²) >= 11 is 0. The molecule has 37 heavy (non-hydrogen) atoms. The zero-order valence-corrected chi connectivity index (χ0v) is 21.1. The number of hydrogen-bond acceptors (Lipinski definition) is 7. The summed E-state index contributed by atoms with van der Waals surface area (Å²) in [4.78, 5) is 31.2. The smallest absolute Gasteiger partial charge is 0.321 e. The molecule has 10 nitrogen and oxygen atoms in total. The van der Waals surface area contributed by atoms with Crippen LogP contribution in [-0.4, -0.2) is 83.3 Å². The summed E-state index contributed by atoms with van der Waals surface area (Å²) < 4.78 is 5.48. The number of rotatable bonds is 4. The summed E-state index contributed by atoms with van der Waals surface area (Å²) in [5.41, 5.74) is 3.87. The van der Waals surface area contributed by atoms with Crippen molar-refractivity contribution in [2.24, 2.45) is 5.41 Å². The second-order valence-electron chi connectivity index (χ2n) is 10.5. The normalized spacial score (nSPS) is 19.5. The van der Waals surface area contributed by atoms with Crippen LogP contribution in [0.3, 0.4) is 0 Å². The molecule has 1 saturated carbocycles. The van der Waals surface area contributed by atoms with Gasteiger partial charge in [-0.25, -0.2) is 14.8 Å². The first kappa shape index (κ1) is 23.6. The maximum Gasteiger partial charge on any atom is 0.321 e. The number of benzene rings is 1. The van der Waals surface area contributed by atoms with E-state index in [-0.39, 0.29) is 6.03 Å². The van der Waals surface area contributed by atoms with Gasteiger partial charge >= 0.3 is 6.03 Å². The predicted octanol–water partition coefficient (Wildman–Crippen LogP) is 3.65. The van der Waals surface area contributed by atoms with Gasteiger partial charge in [-0.05, 0) is 54.9 Å². The molecule has 2 saturated heterocycles. The summed E-state index contributed by atoms with van der Waals surface area (Å²) in [6.07, 6.45) is 7.95. The number of carbonyl (C=O) groups excluding carboxylic acids is 1. The van der Waals surface area contributed by atoms with Gasteiger partial charge in [0, 0.05) is 50.6 Å². The average molecular weight is 501 g/mol. The van der Waals surface area contributed by atoms with Crippen molar-refractivity contribution in [3.8, 4) is 17.5 Å². The molecule has 192 valence electrons. The van der Waals surface area contributed by atoms with Crippen LogP contribution >= 0.6 is 0 Å². The number of carbonyl (C=O) groups is 1. The zero-order chi connectivity index (χ0) is 25.4. The molecule has 6 rings (SSSR count). The van der Waals surface area contributed by atoms with Crippen LogP contribution in [0.1, 0.15) is 25.7 Å². The molecule has 3 aromatic rings. The molecule has 2 aromatic heterocycles. The van der Waals surface area contributed by atoms with Gasteiger partial charge in [0.25, 0.3) is 0 Å². The van der Waals surface area contributed by atoms with Crippen LogP contribution in [-0.2, 0) is 4.74 Å². The molecule has 10 heteroatoms. The maximum atomic E-state index is 12.9. The minimum Gasteiger partial charge on any atom is -0.378 e. The molecule has 2 aliphatic heterocycles. The van der Waals surface area contributed by atoms with Gasteiger partial charge in [0.2, 0.25) is 0 Å². The second kappa shape index (κ2) is 9.56. The topological polar surface area (TPSA) is 113 Å². The number of nitrogens with zero attached hydrogens (tertiary/aromatic N) is 6. The third-order valence-corrected chi connectivity index (χ3v) is 8.32. The molecule has 2 N–H and O–H groups in total. The number of likely N-dealkylation sites (tertiary alicyclic amines) is 1. The fraction of sp³-hybridized carbons (Fsp3) is 0.481. The summed E-state index contributed by atoms with van der Waals surface area (Å²) in [6.45, 7) is 4.56. The van der Waals surface area contributed by atoms with Gasteiger partial charge in [0.15, 0.2) is 6.19 Å². The van der Waals surface area contributed by atoms with Crippen LogP contribution in [0.15, 0.2) is 36.7 Å². The lowest BCUT2D eigenvalue weighted by Crippen LogP contribution is -2.54. The first-order valence-corrected chi connectivity index (χ1v) is 13.0. The number of aromatic amines is 1. The molecule has 2 amide bonds. The number of fused-ring (bicyclic) bond motifs is 1. The van der Waals surface area contributed by atoms with Crippen LogP contribution in [0.2, 0.25) is 0 Å². The van der Waals surface area contributed by atoms with Crippen molar-refractivity contribution in [3.05, 3.63) is 36.7 Å². The number of hydrogen-bond donors (Lipinski definition) is 2. The Labute approximate surface area is 216 Å². The number of H-pyrrole nitrogens is 1. The minimum absolute atomic E-state index is 0.0522. The van der Waals surface area contributed by atoms with E-state index >= 15 is 0 Å². The predicted molar refractivity (Wildman–Crippen MR) is 141 cm³/mol. The van der Waals surface area contributed by atoms with Gasteiger partial charge in [-0.3, -0.25) is 0 Å². The van der Waals surface area contributed by atoms with Crippen LogP contribution < -0.4 is 10.2 Å². The van der Waals surface area contributed by atoms with E-state index in [9.17, 15) is 4.79 Å². The molecule has 0 atom stereocenters. The average Bonchev–Trinajstić information content (AvgIpc) is 3.37. The molecule has 1 aromatic carbocycles. The number of piperidine rings is 1. The Kier molecular flexibility index (Phi) is 6.08. The number of urea groups is 1. The Balaban J connectivity index is 1.08. The second-order valence-corrected chi connectivity index (χ2v) is 10.5. The third kappa shape index (κ3) is 4.55. The highest BCUT2D eigenvalue weighted by Gasteiger charge is 2.47. The van der Waals surface area contributed by atoms with E-state index in [1.54, 1.807) is 11.2 Å². The van der Waals surface area contributed by atoms with E-state index in [0.29, 0.717) is 24.7 Å². The van der Waals surface area contributed by atoms with Crippen LogP contribution in [0, 0.1) is 16.9 Å². The van der Waals surface area contributed by atoms with E-state index in [1.165, 1.54) is 0 Å². The Morgan fingerprint density at radius 3 is 2.59 bits per heavy atom. The van der Waals surface area contributed by atoms with Crippen LogP contribution in [0.4, 0.5) is 16.3 Å². The molecular weight excluding hydrogens is 468 g/mol. The third-order valence-electron chi connectivity index (χ3n) is 8.32. The molecule has 1 spiro atoms.